The second-order valence-corrected chi connectivity index (χ2v) is 7.53. The van der Waals surface area contributed by atoms with E-state index in [0.717, 1.165) is 4.90 Å². The Labute approximate surface area is 165 Å². The Morgan fingerprint density at radius 2 is 2.07 bits per heavy atom. The molecule has 1 spiro atoms. The number of halogens is 1. The van der Waals surface area contributed by atoms with Gasteiger partial charge in [0, 0.05) is 30.8 Å². The van der Waals surface area contributed by atoms with E-state index in [1.54, 1.807) is 0 Å². The van der Waals surface area contributed by atoms with Crippen molar-refractivity contribution in [3.8, 4) is 0 Å². The third kappa shape index (κ3) is 2.74. The van der Waals surface area contributed by atoms with E-state index < -0.39 is 52.9 Å². The zero-order valence-electron chi connectivity index (χ0n) is 15.7. The maximum atomic E-state index is 14.0. The lowest BCUT2D eigenvalue weighted by Crippen LogP contribution is -2.53. The number of nitrogens with one attached hydrogen (secondary N) is 2. The van der Waals surface area contributed by atoms with Crippen LogP contribution < -0.4 is 16.4 Å². The van der Waals surface area contributed by atoms with Crippen molar-refractivity contribution in [1.82, 2.24) is 10.2 Å². The highest BCUT2D eigenvalue weighted by atomic mass is 19.1. The Balaban J connectivity index is 1.81. The summed E-state index contributed by atoms with van der Waals surface area (Å²) in [6, 6.07) is 3.19. The van der Waals surface area contributed by atoms with Gasteiger partial charge < -0.3 is 15.8 Å². The number of rotatable bonds is 6. The van der Waals surface area contributed by atoms with Crippen LogP contribution in [0.1, 0.15) is 18.4 Å². The van der Waals surface area contributed by atoms with Crippen LogP contribution in [0.4, 0.5) is 10.1 Å². The molecule has 3 aliphatic heterocycles. The van der Waals surface area contributed by atoms with Crippen LogP contribution in [0.25, 0.3) is 0 Å². The minimum atomic E-state index is -1.58. The molecule has 29 heavy (non-hydrogen) atoms. The number of methoxy groups -OCH3 is 1. The fourth-order valence-corrected chi connectivity index (χ4v) is 4.78. The second-order valence-electron chi connectivity index (χ2n) is 7.53. The largest absolute Gasteiger partial charge is 0.383 e. The molecule has 3 aliphatic rings. The summed E-state index contributed by atoms with van der Waals surface area (Å²) in [5.74, 6) is -4.51. The summed E-state index contributed by atoms with van der Waals surface area (Å²) in [6.07, 6.45) is 0.154. The van der Waals surface area contributed by atoms with E-state index in [-0.39, 0.29) is 31.6 Å². The van der Waals surface area contributed by atoms with E-state index >= 15 is 0 Å². The van der Waals surface area contributed by atoms with Crippen LogP contribution in [-0.2, 0) is 29.5 Å². The van der Waals surface area contributed by atoms with E-state index in [2.05, 4.69) is 10.6 Å². The van der Waals surface area contributed by atoms with E-state index in [0.29, 0.717) is 5.69 Å². The second kappa shape index (κ2) is 6.89. The van der Waals surface area contributed by atoms with Gasteiger partial charge in [-0.1, -0.05) is 0 Å². The van der Waals surface area contributed by atoms with Crippen LogP contribution in [0.2, 0.25) is 0 Å². The number of hydrogen-bond acceptors (Lipinski definition) is 6. The Hall–Kier alpha value is -2.85. The number of primary amides is 1. The molecule has 0 aromatic heterocycles. The number of benzene rings is 1. The first-order valence-corrected chi connectivity index (χ1v) is 9.33. The van der Waals surface area contributed by atoms with Gasteiger partial charge in [0.1, 0.15) is 11.4 Å². The van der Waals surface area contributed by atoms with Crippen LogP contribution in [0.5, 0.6) is 0 Å². The van der Waals surface area contributed by atoms with E-state index in [1.165, 1.54) is 25.3 Å². The number of ether oxygens (including phenoxy) is 1. The van der Waals surface area contributed by atoms with Gasteiger partial charge in [0.05, 0.1) is 25.0 Å². The van der Waals surface area contributed by atoms with Crippen molar-refractivity contribution in [2.45, 2.75) is 24.4 Å². The molecule has 4 unspecified atom stereocenters. The van der Waals surface area contributed by atoms with E-state index in [4.69, 9.17) is 10.5 Å². The van der Waals surface area contributed by atoms with Crippen molar-refractivity contribution in [1.29, 1.82) is 0 Å². The number of nitrogens with zero attached hydrogens (tertiary/aromatic N) is 1. The number of imide groups is 1. The van der Waals surface area contributed by atoms with Crippen LogP contribution in [-0.4, -0.2) is 54.8 Å². The molecule has 10 heteroatoms. The minimum absolute atomic E-state index is 0.0197. The third-order valence-electron chi connectivity index (χ3n) is 5.99. The predicted molar refractivity (Wildman–Crippen MR) is 97.6 cm³/mol. The van der Waals surface area contributed by atoms with Crippen LogP contribution in [0.15, 0.2) is 18.2 Å². The zero-order chi connectivity index (χ0) is 20.9. The predicted octanol–water partition coefficient (Wildman–Crippen LogP) is -0.542. The molecule has 4 amide bonds. The summed E-state index contributed by atoms with van der Waals surface area (Å²) in [5.41, 5.74) is 4.34. The number of nitrogens with two attached hydrogens (primary N) is 1. The van der Waals surface area contributed by atoms with Gasteiger partial charge in [0.15, 0.2) is 0 Å². The Morgan fingerprint density at radius 3 is 2.76 bits per heavy atom. The summed E-state index contributed by atoms with van der Waals surface area (Å²) in [5, 5.41) is 5.79. The molecule has 4 atom stereocenters. The average Bonchev–Trinajstić information content (AvgIpc) is 3.24. The first kappa shape index (κ1) is 19.5. The van der Waals surface area contributed by atoms with E-state index in [9.17, 15) is 23.6 Å². The molecular formula is C19H21FN4O5. The molecule has 1 aromatic carbocycles. The molecule has 0 aliphatic carbocycles. The normalized spacial score (nSPS) is 30.1. The van der Waals surface area contributed by atoms with Gasteiger partial charge in [0.25, 0.3) is 0 Å². The highest BCUT2D eigenvalue weighted by Crippen LogP contribution is 2.53. The molecule has 0 radical (unpaired) electrons. The zero-order valence-corrected chi connectivity index (χ0v) is 15.7. The first-order chi connectivity index (χ1) is 13.8. The molecule has 3 heterocycles. The summed E-state index contributed by atoms with van der Waals surface area (Å²) < 4.78 is 19.0. The van der Waals surface area contributed by atoms with Crippen molar-refractivity contribution in [2.24, 2.45) is 17.6 Å². The van der Waals surface area contributed by atoms with Crippen molar-refractivity contribution in [3.63, 3.8) is 0 Å². The molecular weight excluding hydrogens is 383 g/mol. The fourth-order valence-electron chi connectivity index (χ4n) is 4.78. The molecule has 154 valence electrons. The van der Waals surface area contributed by atoms with Crippen LogP contribution in [0, 0.1) is 17.7 Å². The van der Waals surface area contributed by atoms with Crippen LogP contribution in [0.3, 0.4) is 0 Å². The highest BCUT2D eigenvalue weighted by molar-refractivity contribution is 6.15. The lowest BCUT2D eigenvalue weighted by Gasteiger charge is -2.29. The van der Waals surface area contributed by atoms with Gasteiger partial charge in [0.2, 0.25) is 23.6 Å². The maximum absolute atomic E-state index is 14.0. The molecule has 2 fully saturated rings. The van der Waals surface area contributed by atoms with Gasteiger partial charge in [-0.05, 0) is 24.6 Å². The van der Waals surface area contributed by atoms with Crippen LogP contribution >= 0.6 is 0 Å². The van der Waals surface area contributed by atoms with Gasteiger partial charge in [-0.2, -0.15) is 0 Å². The monoisotopic (exact) mass is 404 g/mol. The van der Waals surface area contributed by atoms with Gasteiger partial charge in [-0.15, -0.1) is 0 Å². The SMILES string of the molecule is COCCN1C(=O)C2C(CCC(N)=O)NC3(C(=O)Nc4ccc(F)cc43)C2C1=O. The Bertz CT molecular complexity index is 922. The fraction of sp³-hybridized carbons (Fsp3) is 0.474. The molecule has 4 rings (SSSR count). The Kier molecular flexibility index (Phi) is 4.62. The minimum Gasteiger partial charge on any atom is -0.383 e. The first-order valence-electron chi connectivity index (χ1n) is 9.33. The standard InChI is InChI=1S/C19H21FN4O5/c1-29-7-6-24-16(26)14-12(4-5-13(21)25)23-19(15(14)17(24)27)10-8-9(20)2-3-11(10)22-18(19)28/h2-3,8,12,14-15,23H,4-7H2,1H3,(H2,21,25)(H,22,28). The summed E-state index contributed by atoms with van der Waals surface area (Å²) >= 11 is 0. The Morgan fingerprint density at radius 1 is 1.31 bits per heavy atom. The number of hydrogen-bond donors (Lipinski definition) is 3. The maximum Gasteiger partial charge on any atom is 0.250 e. The lowest BCUT2D eigenvalue weighted by atomic mass is 9.76. The summed E-state index contributed by atoms with van der Waals surface area (Å²) in [7, 11) is 1.45. The molecule has 4 N–H and O–H groups in total. The number of likely N-dealkylation sites (tertiary alicyclic amines) is 1. The highest BCUT2D eigenvalue weighted by Gasteiger charge is 2.70. The van der Waals surface area contributed by atoms with Gasteiger partial charge >= 0.3 is 0 Å². The number of carbonyl (C=O) groups excluding carboxylic acids is 4. The topological polar surface area (TPSA) is 131 Å². The summed E-state index contributed by atoms with van der Waals surface area (Å²) in [6.45, 7) is 0.206. The molecule has 2 saturated heterocycles. The number of amides is 4. The van der Waals surface area contributed by atoms with Crippen molar-refractivity contribution >= 4 is 29.3 Å². The number of anilines is 1. The molecule has 1 aromatic rings. The molecule has 0 bridgehead atoms. The lowest BCUT2D eigenvalue weighted by molar-refractivity contribution is -0.143. The van der Waals surface area contributed by atoms with Crippen molar-refractivity contribution in [3.05, 3.63) is 29.6 Å². The quantitative estimate of drug-likeness (QED) is 0.546. The third-order valence-corrected chi connectivity index (χ3v) is 5.99. The van der Waals surface area contributed by atoms with Crippen molar-refractivity contribution in [2.75, 3.05) is 25.6 Å². The number of carbonyl (C=O) groups is 4. The van der Waals surface area contributed by atoms with Crippen molar-refractivity contribution < 1.29 is 28.3 Å². The van der Waals surface area contributed by atoms with Gasteiger partial charge in [-0.3, -0.25) is 29.4 Å². The summed E-state index contributed by atoms with van der Waals surface area (Å²) in [4.78, 5) is 51.8. The molecule has 0 saturated carbocycles. The number of fused-ring (bicyclic) bond motifs is 4. The average molecular weight is 404 g/mol. The molecule has 9 nitrogen and oxygen atoms in total. The smallest absolute Gasteiger partial charge is 0.250 e. The van der Waals surface area contributed by atoms with Gasteiger partial charge in [-0.25, -0.2) is 4.39 Å². The van der Waals surface area contributed by atoms with E-state index in [1.807, 2.05) is 0 Å².